The lowest BCUT2D eigenvalue weighted by atomic mass is 9.87. The van der Waals surface area contributed by atoms with Gasteiger partial charge in [0.2, 0.25) is 0 Å². The van der Waals surface area contributed by atoms with Crippen molar-refractivity contribution in [2.24, 2.45) is 12.5 Å². The molecule has 0 aliphatic rings. The smallest absolute Gasteiger partial charge is 0.274 e. The van der Waals surface area contributed by atoms with Crippen molar-refractivity contribution < 1.29 is 8.78 Å². The number of pyridine rings is 1. The van der Waals surface area contributed by atoms with E-state index in [1.54, 1.807) is 23.9 Å². The van der Waals surface area contributed by atoms with Crippen LogP contribution in [0.1, 0.15) is 32.2 Å². The minimum atomic E-state index is -0.896. The van der Waals surface area contributed by atoms with Crippen LogP contribution in [-0.2, 0) is 20.0 Å². The van der Waals surface area contributed by atoms with Gasteiger partial charge in [0.05, 0.1) is 23.3 Å². The first-order valence-electron chi connectivity index (χ1n) is 8.35. The number of aryl methyl sites for hydroxylation is 1. The summed E-state index contributed by atoms with van der Waals surface area (Å²) in [7, 11) is 1.72. The first-order chi connectivity index (χ1) is 12.1. The second-order valence-corrected chi connectivity index (χ2v) is 7.74. The van der Waals surface area contributed by atoms with Crippen LogP contribution in [0, 0.1) is 17.0 Å². The molecule has 2 aromatic heterocycles. The average Bonchev–Trinajstić information content (AvgIpc) is 2.84. The van der Waals surface area contributed by atoms with Gasteiger partial charge in [-0.2, -0.15) is 0 Å². The van der Waals surface area contributed by atoms with Crippen molar-refractivity contribution in [1.29, 1.82) is 0 Å². The lowest BCUT2D eigenvalue weighted by molar-refractivity contribution is 0.397. The second-order valence-electron chi connectivity index (χ2n) is 7.74. The zero-order chi connectivity index (χ0) is 19.2. The Labute approximate surface area is 150 Å². The molecule has 2 N–H and O–H groups in total. The van der Waals surface area contributed by atoms with Gasteiger partial charge in [-0.25, -0.2) is 13.8 Å². The van der Waals surface area contributed by atoms with Crippen LogP contribution >= 0.6 is 0 Å². The van der Waals surface area contributed by atoms with E-state index in [2.05, 4.69) is 4.98 Å². The van der Waals surface area contributed by atoms with Crippen LogP contribution in [0.3, 0.4) is 0 Å². The molecule has 0 fully saturated rings. The molecule has 2 heterocycles. The van der Waals surface area contributed by atoms with Gasteiger partial charge in [-0.3, -0.25) is 4.79 Å². The number of aromatic nitrogens is 3. The number of benzene rings is 1. The summed E-state index contributed by atoms with van der Waals surface area (Å²) in [6.07, 6.45) is 1.96. The lowest BCUT2D eigenvalue weighted by Crippen LogP contribution is -2.23. The van der Waals surface area contributed by atoms with Crippen LogP contribution in [0.15, 0.2) is 29.2 Å². The maximum absolute atomic E-state index is 14.5. The maximum atomic E-state index is 14.5. The van der Waals surface area contributed by atoms with Crippen molar-refractivity contribution in [3.8, 4) is 0 Å². The molecule has 0 aliphatic heterocycles. The molecular weight excluding hydrogens is 338 g/mol. The van der Waals surface area contributed by atoms with E-state index < -0.39 is 11.6 Å². The molecule has 0 saturated carbocycles. The summed E-state index contributed by atoms with van der Waals surface area (Å²) in [5.41, 5.74) is 6.42. The Morgan fingerprint density at radius 1 is 1.27 bits per heavy atom. The summed E-state index contributed by atoms with van der Waals surface area (Å²) in [4.78, 5) is 16.7. The number of anilines is 1. The highest BCUT2D eigenvalue weighted by Gasteiger charge is 2.23. The van der Waals surface area contributed by atoms with E-state index in [9.17, 15) is 13.6 Å². The highest BCUT2D eigenvalue weighted by Crippen LogP contribution is 2.30. The van der Waals surface area contributed by atoms with Gasteiger partial charge in [-0.15, -0.1) is 0 Å². The third-order valence-electron chi connectivity index (χ3n) is 4.32. The van der Waals surface area contributed by atoms with Crippen molar-refractivity contribution in [2.45, 2.75) is 33.7 Å². The molecular formula is C19H22F2N4O. The Morgan fingerprint density at radius 3 is 2.62 bits per heavy atom. The van der Waals surface area contributed by atoms with Crippen molar-refractivity contribution in [1.82, 2.24) is 14.1 Å². The molecule has 0 amide bonds. The first kappa shape index (κ1) is 18.1. The van der Waals surface area contributed by atoms with Gasteiger partial charge in [0.25, 0.3) is 5.56 Å². The second kappa shape index (κ2) is 6.23. The standard InChI is InChI=1S/C19H22F2N4O/c1-19(2,3)9-11-16(21)12(20)8-14-17(11)23-15(24(14)4)10-25-7-5-6-13(22)18(25)26/h5-8H,9-10,22H2,1-4H3. The van der Waals surface area contributed by atoms with Crippen molar-refractivity contribution in [3.63, 3.8) is 0 Å². The molecule has 0 radical (unpaired) electrons. The van der Waals surface area contributed by atoms with E-state index >= 15 is 0 Å². The molecule has 3 aromatic rings. The normalized spacial score (nSPS) is 12.1. The Kier molecular flexibility index (Phi) is 4.34. The van der Waals surface area contributed by atoms with Gasteiger partial charge in [0.1, 0.15) is 5.82 Å². The summed E-state index contributed by atoms with van der Waals surface area (Å²) < 4.78 is 31.7. The van der Waals surface area contributed by atoms with Gasteiger partial charge in [0.15, 0.2) is 11.6 Å². The fourth-order valence-corrected chi connectivity index (χ4v) is 3.04. The number of fused-ring (bicyclic) bond motifs is 1. The Bertz CT molecular complexity index is 1040. The van der Waals surface area contributed by atoms with Crippen LogP contribution in [-0.4, -0.2) is 14.1 Å². The van der Waals surface area contributed by atoms with E-state index in [4.69, 9.17) is 5.73 Å². The summed E-state index contributed by atoms with van der Waals surface area (Å²) >= 11 is 0. The highest BCUT2D eigenvalue weighted by atomic mass is 19.2. The third kappa shape index (κ3) is 3.21. The van der Waals surface area contributed by atoms with Gasteiger partial charge < -0.3 is 14.9 Å². The molecule has 0 atom stereocenters. The minimum absolute atomic E-state index is 0.136. The van der Waals surface area contributed by atoms with Gasteiger partial charge in [0, 0.05) is 24.9 Å². The van der Waals surface area contributed by atoms with Gasteiger partial charge in [-0.05, 0) is 24.0 Å². The van der Waals surface area contributed by atoms with Crippen LogP contribution < -0.4 is 11.3 Å². The molecule has 3 rings (SSSR count). The predicted molar refractivity (Wildman–Crippen MR) is 98.0 cm³/mol. The van der Waals surface area contributed by atoms with Gasteiger partial charge in [-0.1, -0.05) is 20.8 Å². The molecule has 0 spiro atoms. The SMILES string of the molecule is Cn1c(Cn2cccc(N)c2=O)nc2c(CC(C)(C)C)c(F)c(F)cc21. The van der Waals surface area contributed by atoms with Crippen molar-refractivity contribution >= 4 is 16.7 Å². The van der Waals surface area contributed by atoms with E-state index in [-0.39, 0.29) is 28.8 Å². The largest absolute Gasteiger partial charge is 0.394 e. The molecule has 0 aliphatic carbocycles. The summed E-state index contributed by atoms with van der Waals surface area (Å²) in [5.74, 6) is -1.24. The molecule has 0 saturated heterocycles. The monoisotopic (exact) mass is 360 g/mol. The van der Waals surface area contributed by atoms with E-state index in [1.807, 2.05) is 20.8 Å². The van der Waals surface area contributed by atoms with E-state index in [1.165, 1.54) is 10.6 Å². The number of nitrogen functional groups attached to an aromatic ring is 1. The van der Waals surface area contributed by atoms with Crippen LogP contribution in [0.25, 0.3) is 11.0 Å². The molecule has 138 valence electrons. The zero-order valence-corrected chi connectivity index (χ0v) is 15.3. The first-order valence-corrected chi connectivity index (χ1v) is 8.35. The van der Waals surface area contributed by atoms with E-state index in [0.717, 1.165) is 6.07 Å². The number of halogens is 2. The molecule has 1 aromatic carbocycles. The number of nitrogens with two attached hydrogens (primary N) is 1. The quantitative estimate of drug-likeness (QED) is 0.780. The van der Waals surface area contributed by atoms with Crippen LogP contribution in [0.5, 0.6) is 0 Å². The zero-order valence-electron chi connectivity index (χ0n) is 15.3. The van der Waals surface area contributed by atoms with Crippen LogP contribution in [0.4, 0.5) is 14.5 Å². The summed E-state index contributed by atoms with van der Waals surface area (Å²) in [6.45, 7) is 6.03. The molecule has 26 heavy (non-hydrogen) atoms. The Hall–Kier alpha value is -2.70. The number of hydrogen-bond donors (Lipinski definition) is 1. The molecule has 0 unspecified atom stereocenters. The van der Waals surface area contributed by atoms with Crippen molar-refractivity contribution in [3.05, 3.63) is 57.8 Å². The number of imidazole rings is 1. The highest BCUT2D eigenvalue weighted by molar-refractivity contribution is 5.80. The van der Waals surface area contributed by atoms with E-state index in [0.29, 0.717) is 23.3 Å². The summed E-state index contributed by atoms with van der Waals surface area (Å²) in [6, 6.07) is 4.35. The molecule has 7 heteroatoms. The topological polar surface area (TPSA) is 65.8 Å². The minimum Gasteiger partial charge on any atom is -0.394 e. The predicted octanol–water partition coefficient (Wildman–Crippen LogP) is 3.23. The fourth-order valence-electron chi connectivity index (χ4n) is 3.04. The van der Waals surface area contributed by atoms with Crippen molar-refractivity contribution in [2.75, 3.05) is 5.73 Å². The Morgan fingerprint density at radius 2 is 1.96 bits per heavy atom. The third-order valence-corrected chi connectivity index (χ3v) is 4.32. The van der Waals surface area contributed by atoms with Gasteiger partial charge >= 0.3 is 0 Å². The summed E-state index contributed by atoms with van der Waals surface area (Å²) in [5, 5.41) is 0. The number of hydrogen-bond acceptors (Lipinski definition) is 3. The Balaban J connectivity index is 2.17. The molecule has 0 bridgehead atoms. The average molecular weight is 360 g/mol. The molecule has 5 nitrogen and oxygen atoms in total. The van der Waals surface area contributed by atoms with Crippen LogP contribution in [0.2, 0.25) is 0 Å². The number of nitrogens with zero attached hydrogens (tertiary/aromatic N) is 3. The lowest BCUT2D eigenvalue weighted by Gasteiger charge is -2.19. The number of rotatable bonds is 3. The fraction of sp³-hybridized carbons (Fsp3) is 0.368. The maximum Gasteiger partial charge on any atom is 0.274 e.